The molecule has 1 saturated heterocycles. The third-order valence-electron chi connectivity index (χ3n) is 6.99. The standard InChI is InChI=1S/C23H18N2O5/c26-21-19-13-6-7-14(17-9-16(13)17)20(19)22(27)25(21)24-10-11-5-8-18(30-11)12-3-1-2-4-15(12)23(28)29/h1-8,10,13-14,16-17,19-20H,9H2,(H,28,29)/t13-,14-,16-,17+,19+,20+/m0/s1. The van der Waals surface area contributed by atoms with E-state index >= 15 is 0 Å². The second kappa shape index (κ2) is 6.01. The molecule has 0 spiro atoms. The second-order valence-corrected chi connectivity index (χ2v) is 8.44. The first-order valence-electron chi connectivity index (χ1n) is 10.1. The van der Waals surface area contributed by atoms with Crippen LogP contribution in [-0.2, 0) is 9.59 Å². The maximum Gasteiger partial charge on any atom is 0.336 e. The van der Waals surface area contributed by atoms with Gasteiger partial charge in [0.1, 0.15) is 11.5 Å². The zero-order valence-electron chi connectivity index (χ0n) is 15.8. The van der Waals surface area contributed by atoms with Crippen molar-refractivity contribution in [2.75, 3.05) is 0 Å². The highest BCUT2D eigenvalue weighted by molar-refractivity contribution is 6.06. The molecule has 1 aromatic carbocycles. The van der Waals surface area contributed by atoms with E-state index in [1.165, 1.54) is 12.3 Å². The molecular weight excluding hydrogens is 384 g/mol. The summed E-state index contributed by atoms with van der Waals surface area (Å²) < 4.78 is 5.71. The molecule has 7 heteroatoms. The lowest BCUT2D eigenvalue weighted by molar-refractivity contribution is -0.140. The molecule has 7 rings (SSSR count). The molecule has 2 heterocycles. The average molecular weight is 402 g/mol. The molecule has 6 atom stereocenters. The Bertz CT molecular complexity index is 1130. The highest BCUT2D eigenvalue weighted by Crippen LogP contribution is 2.65. The molecule has 2 amide bonds. The van der Waals surface area contributed by atoms with Crippen molar-refractivity contribution in [1.29, 1.82) is 0 Å². The van der Waals surface area contributed by atoms with Gasteiger partial charge in [0.05, 0.1) is 23.6 Å². The van der Waals surface area contributed by atoms with Crippen LogP contribution in [0.15, 0.2) is 58.1 Å². The lowest BCUT2D eigenvalue weighted by Gasteiger charge is -2.37. The van der Waals surface area contributed by atoms with Crippen LogP contribution in [0.1, 0.15) is 22.5 Å². The molecule has 2 bridgehead atoms. The smallest absolute Gasteiger partial charge is 0.336 e. The summed E-state index contributed by atoms with van der Waals surface area (Å²) in [5.41, 5.74) is 0.580. The van der Waals surface area contributed by atoms with Crippen LogP contribution in [0.2, 0.25) is 0 Å². The minimum Gasteiger partial charge on any atom is -0.478 e. The minimum absolute atomic E-state index is 0.130. The number of hydrogen-bond donors (Lipinski definition) is 1. The molecule has 150 valence electrons. The largest absolute Gasteiger partial charge is 0.478 e. The number of carboxylic acid groups (broad SMARTS) is 1. The molecule has 3 fully saturated rings. The Labute approximate surface area is 171 Å². The predicted octanol–water partition coefficient (Wildman–Crippen LogP) is 3.03. The number of rotatable bonds is 4. The first-order chi connectivity index (χ1) is 14.5. The van der Waals surface area contributed by atoms with Crippen molar-refractivity contribution >= 4 is 24.0 Å². The quantitative estimate of drug-likeness (QED) is 0.481. The Kier molecular flexibility index (Phi) is 3.48. The Morgan fingerprint density at radius 1 is 1.03 bits per heavy atom. The van der Waals surface area contributed by atoms with Gasteiger partial charge in [0, 0.05) is 5.56 Å². The number of carbonyl (C=O) groups is 3. The van der Waals surface area contributed by atoms with Gasteiger partial charge in [-0.3, -0.25) is 9.59 Å². The normalized spacial score (nSPS) is 33.3. The maximum absolute atomic E-state index is 12.9. The Balaban J connectivity index is 1.26. The van der Waals surface area contributed by atoms with E-state index in [2.05, 4.69) is 17.3 Å². The van der Waals surface area contributed by atoms with Crippen molar-refractivity contribution in [3.63, 3.8) is 0 Å². The van der Waals surface area contributed by atoms with Crippen LogP contribution < -0.4 is 0 Å². The summed E-state index contributed by atoms with van der Waals surface area (Å²) in [6.07, 6.45) is 6.70. The van der Waals surface area contributed by atoms with Crippen molar-refractivity contribution in [3.8, 4) is 11.3 Å². The fraction of sp³-hybridized carbons (Fsp3) is 0.304. The van der Waals surface area contributed by atoms with Crippen molar-refractivity contribution in [1.82, 2.24) is 5.01 Å². The Morgan fingerprint density at radius 3 is 2.37 bits per heavy atom. The topological polar surface area (TPSA) is 100 Å². The van der Waals surface area contributed by atoms with Crippen molar-refractivity contribution in [2.24, 2.45) is 40.6 Å². The number of aromatic carboxylic acids is 1. The summed E-state index contributed by atoms with van der Waals surface area (Å²) >= 11 is 0. The summed E-state index contributed by atoms with van der Waals surface area (Å²) in [7, 11) is 0. The SMILES string of the molecule is O=C(O)c1ccccc1-c1ccc(C=NN2C(=O)[C@@H]3[C@H]4C=C[C@@H]([C@@H]5C[C@H]45)[C@H]3C2=O)o1. The third-order valence-corrected chi connectivity index (χ3v) is 6.99. The van der Waals surface area contributed by atoms with Gasteiger partial charge >= 0.3 is 5.97 Å². The fourth-order valence-corrected chi connectivity index (χ4v) is 5.62. The molecule has 2 aromatic rings. The van der Waals surface area contributed by atoms with Crippen LogP contribution in [0, 0.1) is 35.5 Å². The average Bonchev–Trinajstić information content (AvgIpc) is 3.39. The lowest BCUT2D eigenvalue weighted by Crippen LogP contribution is -2.40. The lowest BCUT2D eigenvalue weighted by atomic mass is 9.63. The van der Waals surface area contributed by atoms with E-state index in [4.69, 9.17) is 4.42 Å². The number of carboxylic acids is 1. The summed E-state index contributed by atoms with van der Waals surface area (Å²) in [6.45, 7) is 0. The van der Waals surface area contributed by atoms with Gasteiger partial charge in [0.25, 0.3) is 11.8 Å². The molecule has 30 heavy (non-hydrogen) atoms. The molecule has 1 aromatic heterocycles. The molecule has 7 nitrogen and oxygen atoms in total. The number of furan rings is 1. The summed E-state index contributed by atoms with van der Waals surface area (Å²) in [6, 6.07) is 9.83. The Hall–Kier alpha value is -3.48. The molecular formula is C23H18N2O5. The monoisotopic (exact) mass is 402 g/mol. The number of nitrogens with zero attached hydrogens (tertiary/aromatic N) is 2. The van der Waals surface area contributed by atoms with Gasteiger partial charge < -0.3 is 9.52 Å². The van der Waals surface area contributed by atoms with Crippen LogP contribution in [-0.4, -0.2) is 34.1 Å². The number of benzene rings is 1. The van der Waals surface area contributed by atoms with Gasteiger partial charge in [-0.2, -0.15) is 10.1 Å². The zero-order valence-corrected chi connectivity index (χ0v) is 15.8. The Morgan fingerprint density at radius 2 is 1.70 bits per heavy atom. The van der Waals surface area contributed by atoms with Crippen molar-refractivity contribution in [3.05, 3.63) is 59.9 Å². The molecule has 1 N–H and O–H groups in total. The molecule has 2 saturated carbocycles. The number of carbonyl (C=O) groups excluding carboxylic acids is 2. The van der Waals surface area contributed by atoms with Gasteiger partial charge in [0.2, 0.25) is 0 Å². The van der Waals surface area contributed by atoms with Crippen LogP contribution >= 0.6 is 0 Å². The van der Waals surface area contributed by atoms with E-state index in [0.717, 1.165) is 11.4 Å². The molecule has 0 unspecified atom stereocenters. The van der Waals surface area contributed by atoms with Crippen LogP contribution in [0.3, 0.4) is 0 Å². The first-order valence-corrected chi connectivity index (χ1v) is 10.1. The number of amides is 2. The molecule has 4 aliphatic carbocycles. The minimum atomic E-state index is -1.05. The van der Waals surface area contributed by atoms with Gasteiger partial charge in [-0.25, -0.2) is 4.79 Å². The number of hydrazone groups is 1. The number of allylic oxidation sites excluding steroid dienone is 2. The first kappa shape index (κ1) is 17.4. The maximum atomic E-state index is 12.9. The number of imide groups is 1. The van der Waals surface area contributed by atoms with Crippen LogP contribution in [0.25, 0.3) is 11.3 Å². The van der Waals surface area contributed by atoms with E-state index in [1.807, 2.05) is 0 Å². The fourth-order valence-electron chi connectivity index (χ4n) is 5.62. The summed E-state index contributed by atoms with van der Waals surface area (Å²) in [5.74, 6) is 0.0407. The highest BCUT2D eigenvalue weighted by Gasteiger charge is 2.67. The summed E-state index contributed by atoms with van der Waals surface area (Å²) in [5, 5.41) is 14.5. The van der Waals surface area contributed by atoms with E-state index in [9.17, 15) is 19.5 Å². The van der Waals surface area contributed by atoms with Crippen LogP contribution in [0.4, 0.5) is 0 Å². The van der Waals surface area contributed by atoms with Gasteiger partial charge in [0.15, 0.2) is 0 Å². The van der Waals surface area contributed by atoms with Gasteiger partial charge in [-0.1, -0.05) is 30.4 Å². The van der Waals surface area contributed by atoms with Crippen LogP contribution in [0.5, 0.6) is 0 Å². The molecule has 0 radical (unpaired) electrons. The van der Waals surface area contributed by atoms with E-state index in [-0.39, 0.29) is 41.0 Å². The predicted molar refractivity (Wildman–Crippen MR) is 105 cm³/mol. The molecule has 1 aliphatic heterocycles. The zero-order chi connectivity index (χ0) is 20.6. The second-order valence-electron chi connectivity index (χ2n) is 8.44. The third kappa shape index (κ3) is 2.32. The van der Waals surface area contributed by atoms with E-state index < -0.39 is 5.97 Å². The van der Waals surface area contributed by atoms with Crippen molar-refractivity contribution in [2.45, 2.75) is 6.42 Å². The molecule has 5 aliphatic rings. The van der Waals surface area contributed by atoms with Gasteiger partial charge in [-0.05, 0) is 48.3 Å². The summed E-state index contributed by atoms with van der Waals surface area (Å²) in [4.78, 5) is 37.3. The highest BCUT2D eigenvalue weighted by atomic mass is 16.4. The van der Waals surface area contributed by atoms with E-state index in [0.29, 0.717) is 28.9 Å². The number of hydrogen-bond acceptors (Lipinski definition) is 5. The van der Waals surface area contributed by atoms with Gasteiger partial charge in [-0.15, -0.1) is 0 Å². The van der Waals surface area contributed by atoms with Crippen molar-refractivity contribution < 1.29 is 23.9 Å². The van der Waals surface area contributed by atoms with E-state index in [1.54, 1.807) is 30.3 Å².